The van der Waals surface area contributed by atoms with Crippen molar-refractivity contribution in [3.8, 4) is 0 Å². The molecule has 0 rings (SSSR count). The molecule has 0 bridgehead atoms. The first-order valence-electron chi connectivity index (χ1n) is 3.42. The molecule has 3 nitrogen and oxygen atoms in total. The van der Waals surface area contributed by atoms with Gasteiger partial charge in [-0.05, 0) is 24.4 Å². The topological polar surface area (TPSA) is 27.7 Å². The maximum absolute atomic E-state index is 5.10. The monoisotopic (exact) mass is 258 g/mol. The van der Waals surface area contributed by atoms with Crippen molar-refractivity contribution in [2.24, 2.45) is 0 Å². The van der Waals surface area contributed by atoms with Crippen LogP contribution in [0.25, 0.3) is 0 Å². The Morgan fingerprint density at radius 2 is 1.23 bits per heavy atom. The summed E-state index contributed by atoms with van der Waals surface area (Å²) in [5.74, 6) is 0. The van der Waals surface area contributed by atoms with Gasteiger partial charge in [0.05, 0.1) is 13.2 Å². The molecule has 0 fully saturated rings. The maximum atomic E-state index is 5.10. The largest absolute Gasteiger partial charge is 0.476 e. The van der Waals surface area contributed by atoms with E-state index in [4.69, 9.17) is 14.2 Å². The summed E-state index contributed by atoms with van der Waals surface area (Å²) in [6.45, 7) is 1.69. The summed E-state index contributed by atoms with van der Waals surface area (Å²) in [5.41, 5.74) is 0. The average molecular weight is 258 g/mol. The third kappa shape index (κ3) is 12.4. The first kappa shape index (κ1) is 13.4. The van der Waals surface area contributed by atoms with E-state index >= 15 is 0 Å². The van der Waals surface area contributed by atoms with Crippen LogP contribution in [0.4, 0.5) is 0 Å². The average Bonchev–Trinajstić information content (AvgIpc) is 2.01. The quantitative estimate of drug-likeness (QED) is 0.427. The molecule has 0 heterocycles. The summed E-state index contributed by atoms with van der Waals surface area (Å²) >= 11 is 16.7. The molecular weight excluding hydrogens is 248 g/mol. The number of hydrogen-bond acceptors (Lipinski definition) is 5. The third-order valence-electron chi connectivity index (χ3n) is 0.906. The Labute approximate surface area is 98.9 Å². The first-order chi connectivity index (χ1) is 6.13. The van der Waals surface area contributed by atoms with Gasteiger partial charge in [0.2, 0.25) is 8.77 Å². The molecule has 0 saturated heterocycles. The molecule has 0 spiro atoms. The smallest absolute Gasteiger partial charge is 0.216 e. The number of ether oxygens (including phenoxy) is 3. The van der Waals surface area contributed by atoms with Crippen molar-refractivity contribution in [1.82, 2.24) is 0 Å². The Bertz CT molecular complexity index is 155. The summed E-state index contributed by atoms with van der Waals surface area (Å²) < 4.78 is 15.3. The Kier molecular flexibility index (Phi) is 9.32. The van der Waals surface area contributed by atoms with Gasteiger partial charge < -0.3 is 14.2 Å². The molecule has 13 heavy (non-hydrogen) atoms. The molecule has 0 aromatic heterocycles. The van der Waals surface area contributed by atoms with E-state index in [1.807, 2.05) is 0 Å². The molecule has 0 N–H and O–H groups in total. The molecule has 7 heteroatoms. The molecular formula is C6H10O3S4. The standard InChI is InChI=1S/C6H10O3S4/c10-5(11)8-3-1-7-2-4-9-6(12)13/h1-4H2,(H,10,11)(H,12,13). The van der Waals surface area contributed by atoms with Crippen molar-refractivity contribution in [2.75, 3.05) is 26.4 Å². The normalized spacial score (nSPS) is 9.38. The SMILES string of the molecule is S=C(S)OCCOCCOC(=S)S. The Morgan fingerprint density at radius 3 is 1.54 bits per heavy atom. The van der Waals surface area contributed by atoms with Crippen molar-refractivity contribution in [3.63, 3.8) is 0 Å². The fourth-order valence-electron chi connectivity index (χ4n) is 0.478. The molecule has 0 saturated carbocycles. The predicted octanol–water partition coefficient (Wildman–Crippen LogP) is 1.47. The molecule has 0 aromatic rings. The number of hydrogen-bond donors (Lipinski definition) is 2. The second kappa shape index (κ2) is 9.01. The minimum Gasteiger partial charge on any atom is -0.476 e. The van der Waals surface area contributed by atoms with Crippen LogP contribution in [-0.2, 0) is 14.2 Å². The summed E-state index contributed by atoms with van der Waals surface area (Å²) in [5, 5.41) is 0. The Morgan fingerprint density at radius 1 is 0.846 bits per heavy atom. The van der Waals surface area contributed by atoms with Crippen LogP contribution in [0.15, 0.2) is 0 Å². The molecule has 0 aliphatic heterocycles. The molecule has 0 aliphatic rings. The molecule has 0 radical (unpaired) electrons. The van der Waals surface area contributed by atoms with Crippen molar-refractivity contribution >= 4 is 58.5 Å². The van der Waals surface area contributed by atoms with Gasteiger partial charge >= 0.3 is 0 Å². The van der Waals surface area contributed by atoms with Crippen LogP contribution in [0.5, 0.6) is 0 Å². The predicted molar refractivity (Wildman–Crippen MR) is 65.9 cm³/mol. The number of thiocarbonyl (C=S) groups is 2. The minimum absolute atomic E-state index is 0.219. The highest BCUT2D eigenvalue weighted by molar-refractivity contribution is 8.10. The zero-order valence-electron chi connectivity index (χ0n) is 6.76. The van der Waals surface area contributed by atoms with Gasteiger partial charge in [-0.3, -0.25) is 0 Å². The highest BCUT2D eigenvalue weighted by Crippen LogP contribution is 1.89. The summed E-state index contributed by atoms with van der Waals surface area (Å²) in [6.07, 6.45) is 0. The molecule has 0 amide bonds. The zero-order valence-corrected chi connectivity index (χ0v) is 10.2. The Hall–Kier alpha value is 0.440. The van der Waals surface area contributed by atoms with E-state index in [1.165, 1.54) is 0 Å². The zero-order chi connectivity index (χ0) is 10.1. The second-order valence-electron chi connectivity index (χ2n) is 1.84. The van der Waals surface area contributed by atoms with Gasteiger partial charge in [-0.2, -0.15) is 0 Å². The second-order valence-corrected chi connectivity index (χ2v) is 4.00. The highest BCUT2D eigenvalue weighted by atomic mass is 32.1. The molecule has 0 unspecified atom stereocenters. The Balaban J connectivity index is 3.00. The van der Waals surface area contributed by atoms with E-state index in [0.717, 1.165) is 0 Å². The van der Waals surface area contributed by atoms with Gasteiger partial charge in [0.25, 0.3) is 0 Å². The summed E-state index contributed by atoms with van der Waals surface area (Å²) in [4.78, 5) is 0. The first-order valence-corrected chi connectivity index (χ1v) is 5.13. The van der Waals surface area contributed by atoms with Crippen molar-refractivity contribution in [2.45, 2.75) is 0 Å². The summed E-state index contributed by atoms with van der Waals surface area (Å²) in [7, 11) is 0. The van der Waals surface area contributed by atoms with E-state index in [1.54, 1.807) is 0 Å². The van der Waals surface area contributed by atoms with E-state index in [-0.39, 0.29) is 8.77 Å². The summed E-state index contributed by atoms with van der Waals surface area (Å²) in [6, 6.07) is 0. The van der Waals surface area contributed by atoms with Crippen LogP contribution in [0, 0.1) is 0 Å². The van der Waals surface area contributed by atoms with Crippen LogP contribution in [0.3, 0.4) is 0 Å². The van der Waals surface area contributed by atoms with Crippen molar-refractivity contribution < 1.29 is 14.2 Å². The van der Waals surface area contributed by atoms with Crippen LogP contribution in [0.2, 0.25) is 0 Å². The lowest BCUT2D eigenvalue weighted by atomic mass is 10.7. The van der Waals surface area contributed by atoms with Gasteiger partial charge in [0, 0.05) is 0 Å². The maximum Gasteiger partial charge on any atom is 0.216 e. The van der Waals surface area contributed by atoms with Crippen LogP contribution < -0.4 is 0 Å². The van der Waals surface area contributed by atoms with Crippen molar-refractivity contribution in [1.29, 1.82) is 0 Å². The van der Waals surface area contributed by atoms with Gasteiger partial charge in [-0.1, -0.05) is 25.3 Å². The molecule has 0 aliphatic carbocycles. The fourth-order valence-corrected chi connectivity index (χ4v) is 0.827. The van der Waals surface area contributed by atoms with E-state index in [9.17, 15) is 0 Å². The number of thiol groups is 2. The van der Waals surface area contributed by atoms with Crippen LogP contribution in [-0.4, -0.2) is 35.2 Å². The van der Waals surface area contributed by atoms with E-state index in [2.05, 4.69) is 49.7 Å². The van der Waals surface area contributed by atoms with E-state index in [0.29, 0.717) is 26.4 Å². The minimum atomic E-state index is 0.219. The van der Waals surface area contributed by atoms with Gasteiger partial charge in [0.1, 0.15) is 13.2 Å². The lowest BCUT2D eigenvalue weighted by Gasteiger charge is -2.05. The molecule has 76 valence electrons. The third-order valence-corrected chi connectivity index (χ3v) is 1.40. The lowest BCUT2D eigenvalue weighted by Crippen LogP contribution is -2.10. The molecule has 0 aromatic carbocycles. The lowest BCUT2D eigenvalue weighted by molar-refractivity contribution is 0.0748. The fraction of sp³-hybridized carbons (Fsp3) is 0.667. The molecule has 0 atom stereocenters. The highest BCUT2D eigenvalue weighted by Gasteiger charge is 1.92. The van der Waals surface area contributed by atoms with Gasteiger partial charge in [0.15, 0.2) is 0 Å². The van der Waals surface area contributed by atoms with Crippen molar-refractivity contribution in [3.05, 3.63) is 0 Å². The number of rotatable bonds is 6. The van der Waals surface area contributed by atoms with Crippen LogP contribution in [0.1, 0.15) is 0 Å². The van der Waals surface area contributed by atoms with Gasteiger partial charge in [-0.25, -0.2) is 0 Å². The van der Waals surface area contributed by atoms with E-state index < -0.39 is 0 Å². The van der Waals surface area contributed by atoms with Crippen LogP contribution >= 0.6 is 49.7 Å². The van der Waals surface area contributed by atoms with Gasteiger partial charge in [-0.15, -0.1) is 0 Å².